The molecule has 0 unspecified atom stereocenters. The van der Waals surface area contributed by atoms with Crippen LogP contribution in [0.5, 0.6) is 0 Å². The van der Waals surface area contributed by atoms with Crippen molar-refractivity contribution in [2.24, 2.45) is 0 Å². The molecule has 0 bridgehead atoms. The molecule has 2 aliphatic rings. The van der Waals surface area contributed by atoms with Gasteiger partial charge in [0.1, 0.15) is 11.9 Å². The van der Waals surface area contributed by atoms with E-state index in [1.165, 1.54) is 31.3 Å². The van der Waals surface area contributed by atoms with Crippen LogP contribution in [0.2, 0.25) is 0 Å². The molecule has 28 heavy (non-hydrogen) atoms. The molecule has 2 fully saturated rings. The Kier molecular flexibility index (Phi) is 7.00. The molecule has 0 aliphatic carbocycles. The monoisotopic (exact) mass is 414 g/mol. The highest BCUT2D eigenvalue weighted by Gasteiger charge is 2.40. The van der Waals surface area contributed by atoms with E-state index in [0.29, 0.717) is 12.1 Å². The smallest absolute Gasteiger partial charge is 0.280 e. The van der Waals surface area contributed by atoms with Gasteiger partial charge in [-0.15, -0.1) is 0 Å². The average molecular weight is 415 g/mol. The summed E-state index contributed by atoms with van der Waals surface area (Å²) in [6.45, 7) is 4.59. The number of halogens is 1. The number of carbonyl (C=O) groups excluding carboxylic acids is 1. The number of benzene rings is 1. The number of hydrogen-bond donors (Lipinski definition) is 2. The number of nitrogens with zero attached hydrogens (tertiary/aromatic N) is 2. The van der Waals surface area contributed by atoms with Crippen molar-refractivity contribution in [2.45, 2.75) is 24.9 Å². The lowest BCUT2D eigenvalue weighted by molar-refractivity contribution is -0.125. The summed E-state index contributed by atoms with van der Waals surface area (Å²) in [4.78, 5) is 14.9. The van der Waals surface area contributed by atoms with Crippen LogP contribution in [-0.4, -0.2) is 76.0 Å². The predicted octanol–water partition coefficient (Wildman–Crippen LogP) is 0.244. The van der Waals surface area contributed by atoms with Gasteiger partial charge in [-0.05, 0) is 37.1 Å². The van der Waals surface area contributed by atoms with Gasteiger partial charge in [-0.25, -0.2) is 4.39 Å². The molecule has 2 heterocycles. The zero-order chi connectivity index (χ0) is 20.1. The number of rotatable bonds is 6. The van der Waals surface area contributed by atoms with Crippen molar-refractivity contribution in [3.63, 3.8) is 0 Å². The second kappa shape index (κ2) is 9.27. The quantitative estimate of drug-likeness (QED) is 0.651. The molecule has 1 aromatic carbocycles. The van der Waals surface area contributed by atoms with Crippen LogP contribution in [0.25, 0.3) is 0 Å². The summed E-state index contributed by atoms with van der Waals surface area (Å²) in [6, 6.07) is 4.23. The van der Waals surface area contributed by atoms with Crippen LogP contribution in [0.4, 0.5) is 4.39 Å². The second-order valence-electron chi connectivity index (χ2n) is 7.09. The molecule has 10 heteroatoms. The standard InChI is InChI=1S/C18H27FN4O4S/c1-22-17(18(24)20-7-2-8-23-9-11-27-12-10-23)13-16(21-28(22,25)26)14-3-5-15(19)6-4-14/h3-6,16-17,21H,2,7-13H2,1H3,(H,20,24)/t16-,17+/m0/s1. The molecule has 2 atom stereocenters. The highest BCUT2D eigenvalue weighted by Crippen LogP contribution is 2.27. The third kappa shape index (κ3) is 5.26. The van der Waals surface area contributed by atoms with Crippen LogP contribution in [-0.2, 0) is 19.7 Å². The number of nitrogens with one attached hydrogen (secondary N) is 2. The summed E-state index contributed by atoms with van der Waals surface area (Å²) in [7, 11) is -2.41. The molecule has 1 aromatic rings. The van der Waals surface area contributed by atoms with Gasteiger partial charge in [0.15, 0.2) is 0 Å². The molecule has 2 saturated heterocycles. The van der Waals surface area contributed by atoms with Crippen LogP contribution >= 0.6 is 0 Å². The molecule has 1 amide bonds. The minimum absolute atomic E-state index is 0.274. The van der Waals surface area contributed by atoms with Crippen LogP contribution < -0.4 is 10.0 Å². The summed E-state index contributed by atoms with van der Waals surface area (Å²) < 4.78 is 46.9. The molecule has 156 valence electrons. The minimum atomic E-state index is -3.80. The average Bonchev–Trinajstić information content (AvgIpc) is 2.68. The normalized spacial score (nSPS) is 26.1. The summed E-state index contributed by atoms with van der Waals surface area (Å²) in [5.41, 5.74) is 0.628. The van der Waals surface area contributed by atoms with E-state index in [9.17, 15) is 17.6 Å². The Bertz CT molecular complexity index is 768. The van der Waals surface area contributed by atoms with Crippen molar-refractivity contribution in [2.75, 3.05) is 46.4 Å². The molecule has 0 radical (unpaired) electrons. The highest BCUT2D eigenvalue weighted by molar-refractivity contribution is 7.87. The fourth-order valence-electron chi connectivity index (χ4n) is 3.48. The SMILES string of the molecule is CN1[C@@H](C(=O)NCCCN2CCOCC2)C[C@@H](c2ccc(F)cc2)NS1(=O)=O. The van der Waals surface area contributed by atoms with Gasteiger partial charge in [0.2, 0.25) is 5.91 Å². The fraction of sp³-hybridized carbons (Fsp3) is 0.611. The van der Waals surface area contributed by atoms with E-state index in [-0.39, 0.29) is 12.3 Å². The van der Waals surface area contributed by atoms with Gasteiger partial charge in [0.25, 0.3) is 10.2 Å². The van der Waals surface area contributed by atoms with Crippen molar-refractivity contribution in [3.8, 4) is 0 Å². The van der Waals surface area contributed by atoms with E-state index in [2.05, 4.69) is 14.9 Å². The summed E-state index contributed by atoms with van der Waals surface area (Å²) in [6.07, 6.45) is 1.06. The van der Waals surface area contributed by atoms with Crippen molar-refractivity contribution in [3.05, 3.63) is 35.6 Å². The number of likely N-dealkylation sites (N-methyl/N-ethyl adjacent to an activating group) is 1. The first-order valence-corrected chi connectivity index (χ1v) is 10.9. The van der Waals surface area contributed by atoms with Crippen LogP contribution in [0, 0.1) is 5.82 Å². The van der Waals surface area contributed by atoms with E-state index in [1.54, 1.807) is 0 Å². The lowest BCUT2D eigenvalue weighted by Crippen LogP contribution is -2.57. The van der Waals surface area contributed by atoms with Gasteiger partial charge < -0.3 is 10.1 Å². The largest absolute Gasteiger partial charge is 0.379 e. The number of ether oxygens (including phenoxy) is 1. The first kappa shape index (κ1) is 21.1. The first-order chi connectivity index (χ1) is 13.4. The van der Waals surface area contributed by atoms with E-state index < -0.39 is 28.1 Å². The topological polar surface area (TPSA) is 91.0 Å². The number of morpholine rings is 1. The third-order valence-corrected chi connectivity index (χ3v) is 6.79. The molecule has 8 nitrogen and oxygen atoms in total. The summed E-state index contributed by atoms with van der Waals surface area (Å²) in [5, 5.41) is 2.85. The predicted molar refractivity (Wildman–Crippen MR) is 102 cm³/mol. The Balaban J connectivity index is 1.57. The number of amides is 1. The van der Waals surface area contributed by atoms with Gasteiger partial charge >= 0.3 is 0 Å². The molecule has 3 rings (SSSR count). The Morgan fingerprint density at radius 2 is 1.96 bits per heavy atom. The van der Waals surface area contributed by atoms with Gasteiger partial charge in [0, 0.05) is 32.7 Å². The first-order valence-electron chi connectivity index (χ1n) is 9.45. The lowest BCUT2D eigenvalue weighted by Gasteiger charge is -2.36. The number of carbonyl (C=O) groups is 1. The maximum atomic E-state index is 13.2. The zero-order valence-corrected chi connectivity index (χ0v) is 16.8. The van der Waals surface area contributed by atoms with Gasteiger partial charge in [-0.3, -0.25) is 9.69 Å². The van der Waals surface area contributed by atoms with E-state index in [4.69, 9.17) is 4.74 Å². The van der Waals surface area contributed by atoms with E-state index in [1.807, 2.05) is 0 Å². The molecule has 2 aliphatic heterocycles. The fourth-order valence-corrected chi connectivity index (χ4v) is 4.75. The van der Waals surface area contributed by atoms with Crippen LogP contribution in [0.1, 0.15) is 24.4 Å². The maximum absolute atomic E-state index is 13.2. The van der Waals surface area contributed by atoms with Crippen molar-refractivity contribution < 1.29 is 22.3 Å². The van der Waals surface area contributed by atoms with E-state index in [0.717, 1.165) is 43.6 Å². The van der Waals surface area contributed by atoms with Crippen molar-refractivity contribution in [1.29, 1.82) is 0 Å². The maximum Gasteiger partial charge on any atom is 0.280 e. The molecule has 2 N–H and O–H groups in total. The Morgan fingerprint density at radius 1 is 1.29 bits per heavy atom. The Labute approximate surface area is 165 Å². The molecular weight excluding hydrogens is 387 g/mol. The van der Waals surface area contributed by atoms with Gasteiger partial charge in [-0.2, -0.15) is 17.4 Å². The summed E-state index contributed by atoms with van der Waals surface area (Å²) in [5.74, 6) is -0.712. The third-order valence-electron chi connectivity index (χ3n) is 5.20. The van der Waals surface area contributed by atoms with Crippen LogP contribution in [0.3, 0.4) is 0 Å². The van der Waals surface area contributed by atoms with Crippen molar-refractivity contribution in [1.82, 2.24) is 19.2 Å². The van der Waals surface area contributed by atoms with Gasteiger partial charge in [0.05, 0.1) is 13.2 Å². The van der Waals surface area contributed by atoms with Crippen LogP contribution in [0.15, 0.2) is 24.3 Å². The number of hydrogen-bond acceptors (Lipinski definition) is 5. The zero-order valence-electron chi connectivity index (χ0n) is 15.9. The second-order valence-corrected chi connectivity index (χ2v) is 8.86. The molecule has 0 spiro atoms. The highest BCUT2D eigenvalue weighted by atomic mass is 32.2. The van der Waals surface area contributed by atoms with Gasteiger partial charge in [-0.1, -0.05) is 12.1 Å². The van der Waals surface area contributed by atoms with Crippen molar-refractivity contribution >= 4 is 16.1 Å². The Morgan fingerprint density at radius 3 is 2.64 bits per heavy atom. The molecule has 0 saturated carbocycles. The molecular formula is C18H27FN4O4S. The minimum Gasteiger partial charge on any atom is -0.379 e. The molecule has 0 aromatic heterocycles. The lowest BCUT2D eigenvalue weighted by atomic mass is 9.99. The van der Waals surface area contributed by atoms with E-state index >= 15 is 0 Å². The Hall–Kier alpha value is -1.59. The summed E-state index contributed by atoms with van der Waals surface area (Å²) >= 11 is 0.